The van der Waals surface area contributed by atoms with Crippen molar-refractivity contribution in [1.82, 2.24) is 10.2 Å². The van der Waals surface area contributed by atoms with E-state index in [1.165, 1.54) is 12.1 Å². The number of rotatable bonds is 5. The number of nitrogens with two attached hydrogens (primary N) is 1. The smallest absolute Gasteiger partial charge is 0.234 e. The summed E-state index contributed by atoms with van der Waals surface area (Å²) in [6.45, 7) is 4.77. The topological polar surface area (TPSA) is 58.4 Å². The van der Waals surface area contributed by atoms with Crippen molar-refractivity contribution in [2.24, 2.45) is 11.7 Å². The van der Waals surface area contributed by atoms with E-state index in [0.29, 0.717) is 19.0 Å². The first-order chi connectivity index (χ1) is 10.0. The summed E-state index contributed by atoms with van der Waals surface area (Å²) in [5, 5.41) is 2.87. The molecule has 0 aromatic heterocycles. The van der Waals surface area contributed by atoms with Crippen LogP contribution in [0.25, 0.3) is 0 Å². The highest BCUT2D eigenvalue weighted by Crippen LogP contribution is 2.19. The van der Waals surface area contributed by atoms with Gasteiger partial charge in [0.1, 0.15) is 5.82 Å². The Hall–Kier alpha value is -1.46. The molecule has 0 bridgehead atoms. The molecule has 0 spiro atoms. The van der Waals surface area contributed by atoms with Gasteiger partial charge in [0.25, 0.3) is 0 Å². The quantitative estimate of drug-likeness (QED) is 0.865. The van der Waals surface area contributed by atoms with E-state index in [1.54, 1.807) is 12.1 Å². The van der Waals surface area contributed by atoms with E-state index < -0.39 is 0 Å². The van der Waals surface area contributed by atoms with Gasteiger partial charge >= 0.3 is 0 Å². The molecular formula is C16H24FN3O. The predicted molar refractivity (Wildman–Crippen MR) is 81.1 cm³/mol. The van der Waals surface area contributed by atoms with Gasteiger partial charge < -0.3 is 11.1 Å². The van der Waals surface area contributed by atoms with Crippen molar-refractivity contribution in [1.29, 1.82) is 0 Å². The second kappa shape index (κ2) is 7.52. The lowest BCUT2D eigenvalue weighted by Crippen LogP contribution is -2.44. The van der Waals surface area contributed by atoms with Crippen LogP contribution in [0.2, 0.25) is 0 Å². The largest absolute Gasteiger partial charge is 0.351 e. The van der Waals surface area contributed by atoms with Crippen molar-refractivity contribution in [2.45, 2.75) is 32.4 Å². The molecule has 1 aliphatic heterocycles. The average Bonchev–Trinajstić information content (AvgIpc) is 2.47. The maximum atomic E-state index is 12.8. The Morgan fingerprint density at radius 2 is 2.00 bits per heavy atom. The molecule has 1 amide bonds. The second-order valence-electron chi connectivity index (χ2n) is 5.88. The molecule has 0 aliphatic carbocycles. The molecule has 0 radical (unpaired) electrons. The van der Waals surface area contributed by atoms with Crippen LogP contribution in [0.4, 0.5) is 4.39 Å². The summed E-state index contributed by atoms with van der Waals surface area (Å²) in [6.07, 6.45) is 2.12. The summed E-state index contributed by atoms with van der Waals surface area (Å²) in [4.78, 5) is 14.1. The van der Waals surface area contributed by atoms with Gasteiger partial charge in [0, 0.05) is 12.6 Å². The van der Waals surface area contributed by atoms with Gasteiger partial charge in [-0.3, -0.25) is 9.69 Å². The van der Waals surface area contributed by atoms with Crippen LogP contribution < -0.4 is 11.1 Å². The fourth-order valence-electron chi connectivity index (χ4n) is 2.70. The molecule has 1 saturated heterocycles. The van der Waals surface area contributed by atoms with Crippen LogP contribution >= 0.6 is 0 Å². The summed E-state index contributed by atoms with van der Waals surface area (Å²) >= 11 is 0. The van der Waals surface area contributed by atoms with Crippen molar-refractivity contribution in [2.75, 3.05) is 19.6 Å². The molecule has 21 heavy (non-hydrogen) atoms. The average molecular weight is 293 g/mol. The van der Waals surface area contributed by atoms with Crippen molar-refractivity contribution < 1.29 is 9.18 Å². The van der Waals surface area contributed by atoms with Crippen molar-refractivity contribution in [3.63, 3.8) is 0 Å². The number of hydrogen-bond donors (Lipinski definition) is 2. The highest BCUT2D eigenvalue weighted by molar-refractivity contribution is 5.78. The molecule has 1 atom stereocenters. The summed E-state index contributed by atoms with van der Waals surface area (Å²) < 4.78 is 12.8. The molecule has 0 saturated carbocycles. The minimum absolute atomic E-state index is 0.0126. The number of piperidine rings is 1. The van der Waals surface area contributed by atoms with Gasteiger partial charge in [-0.25, -0.2) is 4.39 Å². The van der Waals surface area contributed by atoms with Crippen LogP contribution in [0.1, 0.15) is 25.3 Å². The Kier molecular flexibility index (Phi) is 5.70. The molecule has 3 N–H and O–H groups in total. The highest BCUT2D eigenvalue weighted by Gasteiger charge is 2.22. The maximum Gasteiger partial charge on any atom is 0.234 e. The number of carbonyl (C=O) groups is 1. The van der Waals surface area contributed by atoms with Crippen LogP contribution in [0.5, 0.6) is 0 Å². The molecule has 2 rings (SSSR count). The Morgan fingerprint density at radius 3 is 2.57 bits per heavy atom. The van der Waals surface area contributed by atoms with Gasteiger partial charge in [0.15, 0.2) is 0 Å². The number of benzene rings is 1. The minimum Gasteiger partial charge on any atom is -0.351 e. The van der Waals surface area contributed by atoms with Gasteiger partial charge in [-0.15, -0.1) is 0 Å². The van der Waals surface area contributed by atoms with Gasteiger partial charge in [-0.05, 0) is 56.5 Å². The van der Waals surface area contributed by atoms with Crippen molar-refractivity contribution in [3.05, 3.63) is 35.6 Å². The Labute approximate surface area is 125 Å². The normalized spacial score (nSPS) is 18.4. The summed E-state index contributed by atoms with van der Waals surface area (Å²) in [6, 6.07) is 6.41. The standard InChI is InChI=1S/C16H24FN3O/c1-12(18)14-6-8-20(9-7-14)11-16(21)19-10-13-2-4-15(17)5-3-13/h2-5,12,14H,6-11,18H2,1H3,(H,19,21). The molecule has 5 heteroatoms. The third-order valence-electron chi connectivity index (χ3n) is 4.15. The van der Waals surface area contributed by atoms with Crippen LogP contribution in [-0.2, 0) is 11.3 Å². The van der Waals surface area contributed by atoms with Crippen LogP contribution in [0.15, 0.2) is 24.3 Å². The van der Waals surface area contributed by atoms with Gasteiger partial charge in [0.2, 0.25) is 5.91 Å². The SMILES string of the molecule is CC(N)C1CCN(CC(=O)NCc2ccc(F)cc2)CC1. The number of nitrogens with zero attached hydrogens (tertiary/aromatic N) is 1. The Balaban J connectivity index is 1.69. The number of nitrogens with one attached hydrogen (secondary N) is 1. The second-order valence-corrected chi connectivity index (χ2v) is 5.88. The zero-order valence-corrected chi connectivity index (χ0v) is 12.5. The van der Waals surface area contributed by atoms with E-state index in [0.717, 1.165) is 31.5 Å². The molecule has 1 aromatic carbocycles. The predicted octanol–water partition coefficient (Wildman–Crippen LogP) is 1.50. The molecule has 1 aliphatic rings. The van der Waals surface area contributed by atoms with E-state index in [9.17, 15) is 9.18 Å². The molecule has 4 nitrogen and oxygen atoms in total. The molecule has 1 fully saturated rings. The van der Waals surface area contributed by atoms with E-state index >= 15 is 0 Å². The third kappa shape index (κ3) is 5.10. The zero-order chi connectivity index (χ0) is 15.2. The van der Waals surface area contributed by atoms with E-state index in [-0.39, 0.29) is 17.8 Å². The third-order valence-corrected chi connectivity index (χ3v) is 4.15. The fourth-order valence-corrected chi connectivity index (χ4v) is 2.70. The number of likely N-dealkylation sites (tertiary alicyclic amines) is 1. The number of halogens is 1. The summed E-state index contributed by atoms with van der Waals surface area (Å²) in [5.41, 5.74) is 6.82. The Bertz CT molecular complexity index is 453. The van der Waals surface area contributed by atoms with Gasteiger partial charge in [0.05, 0.1) is 6.54 Å². The van der Waals surface area contributed by atoms with E-state index in [1.807, 2.05) is 0 Å². The molecule has 1 unspecified atom stereocenters. The number of amides is 1. The first-order valence-electron chi connectivity index (χ1n) is 7.53. The first kappa shape index (κ1) is 15.9. The molecular weight excluding hydrogens is 269 g/mol. The van der Waals surface area contributed by atoms with Crippen LogP contribution in [0.3, 0.4) is 0 Å². The van der Waals surface area contributed by atoms with Gasteiger partial charge in [-0.1, -0.05) is 12.1 Å². The Morgan fingerprint density at radius 1 is 1.38 bits per heavy atom. The van der Waals surface area contributed by atoms with Crippen LogP contribution in [-0.4, -0.2) is 36.5 Å². The fraction of sp³-hybridized carbons (Fsp3) is 0.562. The molecule has 116 valence electrons. The first-order valence-corrected chi connectivity index (χ1v) is 7.53. The van der Waals surface area contributed by atoms with E-state index in [4.69, 9.17) is 5.73 Å². The van der Waals surface area contributed by atoms with Crippen molar-refractivity contribution in [3.8, 4) is 0 Å². The molecule has 1 aromatic rings. The maximum absolute atomic E-state index is 12.8. The minimum atomic E-state index is -0.262. The van der Waals surface area contributed by atoms with Crippen molar-refractivity contribution >= 4 is 5.91 Å². The molecule has 1 heterocycles. The lowest BCUT2D eigenvalue weighted by molar-refractivity contribution is -0.122. The number of carbonyl (C=O) groups excluding carboxylic acids is 1. The van der Waals surface area contributed by atoms with Gasteiger partial charge in [-0.2, -0.15) is 0 Å². The van der Waals surface area contributed by atoms with Crippen LogP contribution in [0, 0.1) is 11.7 Å². The monoisotopic (exact) mass is 293 g/mol. The zero-order valence-electron chi connectivity index (χ0n) is 12.5. The number of hydrogen-bond acceptors (Lipinski definition) is 3. The lowest BCUT2D eigenvalue weighted by Gasteiger charge is -2.33. The summed E-state index contributed by atoms with van der Waals surface area (Å²) in [5.74, 6) is 0.323. The highest BCUT2D eigenvalue weighted by atomic mass is 19.1. The lowest BCUT2D eigenvalue weighted by atomic mass is 9.91. The van der Waals surface area contributed by atoms with E-state index in [2.05, 4.69) is 17.1 Å². The summed E-state index contributed by atoms with van der Waals surface area (Å²) in [7, 11) is 0.